The van der Waals surface area contributed by atoms with E-state index in [9.17, 15) is 8.42 Å². The normalized spacial score (nSPS) is 21.2. The first-order chi connectivity index (χ1) is 8.02. The van der Waals surface area contributed by atoms with Gasteiger partial charge in [0, 0.05) is 38.3 Å². The summed E-state index contributed by atoms with van der Waals surface area (Å²) in [6.45, 7) is 12.6. The van der Waals surface area contributed by atoms with E-state index in [1.807, 2.05) is 0 Å². The highest BCUT2D eigenvalue weighted by Crippen LogP contribution is 2.23. The minimum Gasteiger partial charge on any atom is -0.329 e. The molecule has 0 atom stereocenters. The largest absolute Gasteiger partial charge is 0.329 e. The van der Waals surface area contributed by atoms with Crippen molar-refractivity contribution in [1.82, 2.24) is 9.21 Å². The van der Waals surface area contributed by atoms with E-state index in [1.165, 1.54) is 0 Å². The van der Waals surface area contributed by atoms with Crippen LogP contribution in [0.4, 0.5) is 0 Å². The van der Waals surface area contributed by atoms with Crippen LogP contribution in [0.25, 0.3) is 0 Å². The van der Waals surface area contributed by atoms with E-state index < -0.39 is 14.8 Å². The molecule has 0 aromatic heterocycles. The topological polar surface area (TPSA) is 66.6 Å². The summed E-state index contributed by atoms with van der Waals surface area (Å²) >= 11 is 0. The predicted molar refractivity (Wildman–Crippen MR) is 75.0 cm³/mol. The summed E-state index contributed by atoms with van der Waals surface area (Å²) in [6, 6.07) is 0. The van der Waals surface area contributed by atoms with Crippen molar-refractivity contribution in [3.8, 4) is 0 Å². The maximum Gasteiger partial charge on any atom is 0.219 e. The van der Waals surface area contributed by atoms with Crippen molar-refractivity contribution in [2.45, 2.75) is 44.9 Å². The fraction of sp³-hybridized carbons (Fsp3) is 1.00. The molecule has 1 aliphatic rings. The standard InChI is InChI=1S/C12H27N3O2S/c1-11(2,3)18(16,17)15-8-6-14(7-9-15)12(4,5)10-13/h6-10,13H2,1-5H3. The van der Waals surface area contributed by atoms with Crippen molar-refractivity contribution in [3.05, 3.63) is 0 Å². The van der Waals surface area contributed by atoms with Gasteiger partial charge in [0.2, 0.25) is 10.0 Å². The highest BCUT2D eigenvalue weighted by Gasteiger charge is 2.38. The van der Waals surface area contributed by atoms with Crippen molar-refractivity contribution in [1.29, 1.82) is 0 Å². The minimum absolute atomic E-state index is 0.0580. The van der Waals surface area contributed by atoms with Gasteiger partial charge in [-0.1, -0.05) is 0 Å². The third-order valence-electron chi connectivity index (χ3n) is 3.71. The van der Waals surface area contributed by atoms with Gasteiger partial charge in [-0.3, -0.25) is 4.90 Å². The fourth-order valence-electron chi connectivity index (χ4n) is 2.05. The molecule has 1 heterocycles. The Morgan fingerprint density at radius 2 is 1.44 bits per heavy atom. The van der Waals surface area contributed by atoms with Crippen LogP contribution in [0.15, 0.2) is 0 Å². The van der Waals surface area contributed by atoms with Gasteiger partial charge in [-0.15, -0.1) is 0 Å². The van der Waals surface area contributed by atoms with Crippen molar-refractivity contribution in [2.24, 2.45) is 5.73 Å². The first kappa shape index (κ1) is 15.9. The number of sulfonamides is 1. The summed E-state index contributed by atoms with van der Waals surface area (Å²) in [5.74, 6) is 0. The van der Waals surface area contributed by atoms with Gasteiger partial charge in [-0.05, 0) is 34.6 Å². The van der Waals surface area contributed by atoms with E-state index in [2.05, 4.69) is 18.7 Å². The number of piperazine rings is 1. The second-order valence-corrected chi connectivity index (χ2v) is 9.21. The van der Waals surface area contributed by atoms with Gasteiger partial charge >= 0.3 is 0 Å². The Morgan fingerprint density at radius 3 is 1.78 bits per heavy atom. The monoisotopic (exact) mass is 277 g/mol. The van der Waals surface area contributed by atoms with E-state index in [0.717, 1.165) is 13.1 Å². The zero-order valence-electron chi connectivity index (χ0n) is 12.2. The first-order valence-corrected chi connectivity index (χ1v) is 7.91. The van der Waals surface area contributed by atoms with Crippen molar-refractivity contribution >= 4 is 10.0 Å². The summed E-state index contributed by atoms with van der Waals surface area (Å²) in [5, 5.41) is 0. The Bertz CT molecular complexity index is 377. The Kier molecular flexibility index (Phi) is 4.48. The number of hydrogen-bond donors (Lipinski definition) is 1. The molecule has 1 fully saturated rings. The molecule has 18 heavy (non-hydrogen) atoms. The number of nitrogens with zero attached hydrogens (tertiary/aromatic N) is 2. The van der Waals surface area contributed by atoms with E-state index in [0.29, 0.717) is 19.6 Å². The summed E-state index contributed by atoms with van der Waals surface area (Å²) in [6.07, 6.45) is 0. The molecule has 6 heteroatoms. The molecule has 1 aliphatic heterocycles. The molecule has 5 nitrogen and oxygen atoms in total. The van der Waals surface area contributed by atoms with Crippen molar-refractivity contribution in [2.75, 3.05) is 32.7 Å². The van der Waals surface area contributed by atoms with Gasteiger partial charge in [-0.25, -0.2) is 8.42 Å². The van der Waals surface area contributed by atoms with Crippen LogP contribution >= 0.6 is 0 Å². The molecule has 0 aliphatic carbocycles. The van der Waals surface area contributed by atoms with E-state index >= 15 is 0 Å². The number of nitrogens with two attached hydrogens (primary N) is 1. The smallest absolute Gasteiger partial charge is 0.219 e. The zero-order chi connectivity index (χ0) is 14.2. The van der Waals surface area contributed by atoms with Gasteiger partial charge in [0.05, 0.1) is 4.75 Å². The Hall–Kier alpha value is -0.170. The Labute approximate surface area is 111 Å². The van der Waals surface area contributed by atoms with Crippen LogP contribution < -0.4 is 5.73 Å². The van der Waals surface area contributed by atoms with Crippen LogP contribution in [0.5, 0.6) is 0 Å². The molecule has 0 aromatic carbocycles. The lowest BCUT2D eigenvalue weighted by Gasteiger charge is -2.44. The predicted octanol–water partition coefficient (Wildman–Crippen LogP) is 0.470. The third kappa shape index (κ3) is 3.04. The van der Waals surface area contributed by atoms with Gasteiger partial charge in [-0.2, -0.15) is 4.31 Å². The van der Waals surface area contributed by atoms with Crippen molar-refractivity contribution < 1.29 is 8.42 Å². The Morgan fingerprint density at radius 1 is 1.00 bits per heavy atom. The number of hydrogen-bond acceptors (Lipinski definition) is 4. The van der Waals surface area contributed by atoms with E-state index in [-0.39, 0.29) is 5.54 Å². The fourth-order valence-corrected chi connectivity index (χ4v) is 3.47. The molecule has 0 radical (unpaired) electrons. The molecule has 0 saturated carbocycles. The summed E-state index contributed by atoms with van der Waals surface area (Å²) in [5.41, 5.74) is 5.70. The minimum atomic E-state index is -3.20. The Balaban J connectivity index is 2.71. The van der Waals surface area contributed by atoms with Gasteiger partial charge in [0.1, 0.15) is 0 Å². The van der Waals surface area contributed by atoms with E-state index in [1.54, 1.807) is 25.1 Å². The van der Waals surface area contributed by atoms with Gasteiger partial charge in [0.15, 0.2) is 0 Å². The summed E-state index contributed by atoms with van der Waals surface area (Å²) < 4.78 is 25.5. The van der Waals surface area contributed by atoms with Gasteiger partial charge < -0.3 is 5.73 Å². The molecule has 0 spiro atoms. The molecule has 1 rings (SSSR count). The van der Waals surface area contributed by atoms with Crippen LogP contribution in [0.1, 0.15) is 34.6 Å². The highest BCUT2D eigenvalue weighted by atomic mass is 32.2. The second kappa shape index (κ2) is 5.07. The van der Waals surface area contributed by atoms with E-state index in [4.69, 9.17) is 5.73 Å². The molecule has 0 bridgehead atoms. The summed E-state index contributed by atoms with van der Waals surface area (Å²) in [4.78, 5) is 2.27. The first-order valence-electron chi connectivity index (χ1n) is 6.47. The highest BCUT2D eigenvalue weighted by molar-refractivity contribution is 7.90. The molecular formula is C12H27N3O2S. The molecular weight excluding hydrogens is 250 g/mol. The third-order valence-corrected chi connectivity index (χ3v) is 6.30. The molecule has 0 aromatic rings. The molecule has 108 valence electrons. The maximum absolute atomic E-state index is 12.3. The number of rotatable bonds is 3. The molecule has 0 amide bonds. The van der Waals surface area contributed by atoms with Crippen LogP contribution in [-0.4, -0.2) is 60.6 Å². The lowest BCUT2D eigenvalue weighted by molar-refractivity contribution is 0.0843. The average molecular weight is 277 g/mol. The van der Waals surface area contributed by atoms with Crippen LogP contribution in [0.2, 0.25) is 0 Å². The van der Waals surface area contributed by atoms with Gasteiger partial charge in [0.25, 0.3) is 0 Å². The lowest BCUT2D eigenvalue weighted by Crippen LogP contribution is -2.59. The van der Waals surface area contributed by atoms with Crippen LogP contribution in [0.3, 0.4) is 0 Å². The van der Waals surface area contributed by atoms with Crippen LogP contribution in [-0.2, 0) is 10.0 Å². The lowest BCUT2D eigenvalue weighted by atomic mass is 10.0. The van der Waals surface area contributed by atoms with Crippen molar-refractivity contribution in [3.63, 3.8) is 0 Å². The second-order valence-electron chi connectivity index (χ2n) is 6.52. The zero-order valence-corrected chi connectivity index (χ0v) is 13.0. The molecule has 2 N–H and O–H groups in total. The molecule has 1 saturated heterocycles. The molecule has 0 unspecified atom stereocenters. The summed E-state index contributed by atoms with van der Waals surface area (Å²) in [7, 11) is -3.20. The quantitative estimate of drug-likeness (QED) is 0.814. The SMILES string of the molecule is CC(C)(CN)N1CCN(S(=O)(=O)C(C)(C)C)CC1. The maximum atomic E-state index is 12.3. The average Bonchev–Trinajstić information content (AvgIpc) is 2.27. The van der Waals surface area contributed by atoms with Crippen LogP contribution in [0, 0.1) is 0 Å².